The maximum absolute atomic E-state index is 5.79. The molecule has 0 atom stereocenters. The number of rotatable bonds is 11. The zero-order valence-electron chi connectivity index (χ0n) is 27.5. The van der Waals surface area contributed by atoms with Crippen molar-refractivity contribution in [2.45, 2.75) is 0 Å². The van der Waals surface area contributed by atoms with E-state index < -0.39 is 0 Å². The molecule has 6 aromatic rings. The predicted molar refractivity (Wildman–Crippen MR) is 200 cm³/mol. The Morgan fingerprint density at radius 3 is 1.16 bits per heavy atom. The minimum atomic E-state index is 0.431. The van der Waals surface area contributed by atoms with Crippen LogP contribution >= 0.6 is 0 Å². The number of hydrazone groups is 2. The molecule has 2 N–H and O–H groups in total. The molecule has 0 aliphatic rings. The van der Waals surface area contributed by atoms with Gasteiger partial charge in [-0.3, -0.25) is 10.9 Å². The van der Waals surface area contributed by atoms with Crippen LogP contribution in [0.25, 0.3) is 11.1 Å². The van der Waals surface area contributed by atoms with E-state index in [2.05, 4.69) is 41.5 Å². The van der Waals surface area contributed by atoms with Crippen LogP contribution in [-0.2, 0) is 0 Å². The lowest BCUT2D eigenvalue weighted by Crippen LogP contribution is -2.01. The van der Waals surface area contributed by atoms with E-state index in [1.165, 1.54) is 0 Å². The van der Waals surface area contributed by atoms with Crippen LogP contribution in [0.5, 0.6) is 11.5 Å². The summed E-state index contributed by atoms with van der Waals surface area (Å²) in [7, 11) is 3.23. The molecular weight excluding hydrogens is 624 g/mol. The van der Waals surface area contributed by atoms with E-state index in [1.54, 1.807) is 14.2 Å². The van der Waals surface area contributed by atoms with Gasteiger partial charge in [-0.2, -0.15) is 10.2 Å². The molecule has 50 heavy (non-hydrogen) atoms. The number of azo groups is 2. The van der Waals surface area contributed by atoms with Gasteiger partial charge in [-0.05, 0) is 48.5 Å². The molecule has 0 unspecified atom stereocenters. The maximum Gasteiger partial charge on any atom is 0.201 e. The number of nitrogens with one attached hydrogen (secondary N) is 2. The Morgan fingerprint density at radius 1 is 0.440 bits per heavy atom. The summed E-state index contributed by atoms with van der Waals surface area (Å²) in [5.74, 6) is 2.06. The fourth-order valence-corrected chi connectivity index (χ4v) is 4.86. The Kier molecular flexibility index (Phi) is 11.0. The van der Waals surface area contributed by atoms with Gasteiger partial charge >= 0.3 is 0 Å². The number of amidine groups is 2. The van der Waals surface area contributed by atoms with Crippen LogP contribution in [0.2, 0.25) is 0 Å². The molecule has 0 saturated heterocycles. The Labute approximate surface area is 290 Å². The molecule has 0 radical (unpaired) electrons. The van der Waals surface area contributed by atoms with Crippen LogP contribution in [0.15, 0.2) is 188 Å². The summed E-state index contributed by atoms with van der Waals surface area (Å²) in [5, 5.41) is 27.0. The van der Waals surface area contributed by atoms with Crippen LogP contribution in [-0.4, -0.2) is 25.9 Å². The normalized spacial score (nSPS) is 11.9. The van der Waals surface area contributed by atoms with Crippen LogP contribution < -0.4 is 20.3 Å². The molecule has 0 saturated carbocycles. The molecular formula is C40H34N8O2. The molecule has 0 amide bonds. The summed E-state index contributed by atoms with van der Waals surface area (Å²) in [6, 6.07) is 49.9. The standard InChI is InChI=1S/C40H34N8O2/c1-49-37-27-33(43-47-39(29-15-7-3-8-16-29)45-41-31-19-11-5-12-20-31)23-25-35(37)36-26-24-34(28-38(36)50-2)44-48-40(30-17-9-4-10-18-30)46-42-32-21-13-6-14-22-32/h3-28,41-42H,1-2H3/b45-39-,46-40-,47-43?,48-44?. The number of benzene rings is 6. The largest absolute Gasteiger partial charge is 0.496 e. The van der Waals surface area contributed by atoms with Gasteiger partial charge in [0.2, 0.25) is 11.7 Å². The average Bonchev–Trinajstić information content (AvgIpc) is 3.19. The minimum Gasteiger partial charge on any atom is -0.496 e. The molecule has 0 bridgehead atoms. The summed E-state index contributed by atoms with van der Waals surface area (Å²) in [6.07, 6.45) is 0. The molecule has 6 rings (SSSR count). The van der Waals surface area contributed by atoms with Crippen molar-refractivity contribution < 1.29 is 9.47 Å². The van der Waals surface area contributed by atoms with Gasteiger partial charge in [0.05, 0.1) is 37.0 Å². The maximum atomic E-state index is 5.79. The molecule has 0 spiro atoms. The summed E-state index contributed by atoms with van der Waals surface area (Å²) < 4.78 is 11.6. The van der Waals surface area contributed by atoms with Gasteiger partial charge in [0.15, 0.2) is 0 Å². The van der Waals surface area contributed by atoms with E-state index >= 15 is 0 Å². The van der Waals surface area contributed by atoms with Crippen molar-refractivity contribution in [2.24, 2.45) is 30.7 Å². The van der Waals surface area contributed by atoms with Gasteiger partial charge in [-0.1, -0.05) is 97.1 Å². The third-order valence-corrected chi connectivity index (χ3v) is 7.37. The first-order valence-corrected chi connectivity index (χ1v) is 15.8. The SMILES string of the molecule is COc1cc(N=N/C(=N\Nc2ccccc2)c2ccccc2)ccc1-c1ccc(N=N/C(=N\Nc2ccccc2)c2ccccc2)cc1OC. The minimum absolute atomic E-state index is 0.431. The van der Waals surface area contributed by atoms with Gasteiger partial charge in [0.25, 0.3) is 0 Å². The zero-order valence-corrected chi connectivity index (χ0v) is 27.5. The van der Waals surface area contributed by atoms with Crippen molar-refractivity contribution in [3.05, 3.63) is 169 Å². The molecule has 0 aromatic heterocycles. The monoisotopic (exact) mass is 658 g/mol. The Bertz CT molecular complexity index is 1970. The van der Waals surface area contributed by atoms with E-state index in [9.17, 15) is 0 Å². The molecule has 0 heterocycles. The highest BCUT2D eigenvalue weighted by molar-refractivity contribution is 6.00. The molecule has 6 aromatic carbocycles. The van der Waals surface area contributed by atoms with Crippen LogP contribution in [0.1, 0.15) is 11.1 Å². The van der Waals surface area contributed by atoms with Crippen LogP contribution in [0, 0.1) is 0 Å². The molecule has 10 heteroatoms. The second kappa shape index (κ2) is 16.8. The van der Waals surface area contributed by atoms with Gasteiger partial charge in [0.1, 0.15) is 11.5 Å². The molecule has 246 valence electrons. The number of para-hydroxylation sites is 2. The third kappa shape index (κ3) is 8.69. The first-order chi connectivity index (χ1) is 24.7. The fraction of sp³-hybridized carbons (Fsp3) is 0.0500. The third-order valence-electron chi connectivity index (χ3n) is 7.37. The lowest BCUT2D eigenvalue weighted by molar-refractivity contribution is 0.410. The Morgan fingerprint density at radius 2 is 0.800 bits per heavy atom. The van der Waals surface area contributed by atoms with E-state index in [0.29, 0.717) is 34.5 Å². The molecule has 0 aliphatic heterocycles. The van der Waals surface area contributed by atoms with Crippen LogP contribution in [0.4, 0.5) is 22.7 Å². The van der Waals surface area contributed by atoms with E-state index in [1.807, 2.05) is 158 Å². The van der Waals surface area contributed by atoms with E-state index in [-0.39, 0.29) is 0 Å². The van der Waals surface area contributed by atoms with Gasteiger partial charge in [-0.15, -0.1) is 20.5 Å². The van der Waals surface area contributed by atoms with Gasteiger partial charge in [-0.25, -0.2) is 0 Å². The molecule has 10 nitrogen and oxygen atoms in total. The molecule has 0 fully saturated rings. The lowest BCUT2D eigenvalue weighted by atomic mass is 10.0. The van der Waals surface area contributed by atoms with Crippen molar-refractivity contribution in [2.75, 3.05) is 25.1 Å². The first-order valence-electron chi connectivity index (χ1n) is 15.8. The lowest BCUT2D eigenvalue weighted by Gasteiger charge is -2.13. The van der Waals surface area contributed by atoms with Crippen molar-refractivity contribution >= 4 is 34.4 Å². The van der Waals surface area contributed by atoms with Crippen molar-refractivity contribution in [1.29, 1.82) is 0 Å². The number of ether oxygens (including phenoxy) is 2. The summed E-state index contributed by atoms with van der Waals surface area (Å²) >= 11 is 0. The topological polar surface area (TPSA) is 117 Å². The zero-order chi connectivity index (χ0) is 34.4. The highest BCUT2D eigenvalue weighted by atomic mass is 16.5. The highest BCUT2D eigenvalue weighted by Gasteiger charge is 2.14. The van der Waals surface area contributed by atoms with E-state index in [0.717, 1.165) is 33.6 Å². The number of nitrogens with zero attached hydrogens (tertiary/aromatic N) is 6. The summed E-state index contributed by atoms with van der Waals surface area (Å²) in [4.78, 5) is 0. The number of methoxy groups -OCH3 is 2. The Hall–Kier alpha value is -6.94. The van der Waals surface area contributed by atoms with Crippen molar-refractivity contribution in [3.63, 3.8) is 0 Å². The van der Waals surface area contributed by atoms with Gasteiger partial charge < -0.3 is 9.47 Å². The molecule has 0 aliphatic carbocycles. The van der Waals surface area contributed by atoms with E-state index in [4.69, 9.17) is 9.47 Å². The van der Waals surface area contributed by atoms with Crippen molar-refractivity contribution in [3.8, 4) is 22.6 Å². The number of anilines is 2. The highest BCUT2D eigenvalue weighted by Crippen LogP contribution is 2.40. The fourth-order valence-electron chi connectivity index (χ4n) is 4.86. The first kappa shape index (κ1) is 33.0. The smallest absolute Gasteiger partial charge is 0.201 e. The van der Waals surface area contributed by atoms with Crippen molar-refractivity contribution in [1.82, 2.24) is 0 Å². The second-order valence-corrected chi connectivity index (χ2v) is 10.7. The summed E-state index contributed by atoms with van der Waals surface area (Å²) in [6.45, 7) is 0. The average molecular weight is 659 g/mol. The summed E-state index contributed by atoms with van der Waals surface area (Å²) in [5.41, 5.74) is 12.2. The number of hydrogen-bond acceptors (Lipinski definition) is 8. The quantitative estimate of drug-likeness (QED) is 0.0623. The second-order valence-electron chi connectivity index (χ2n) is 10.7. The predicted octanol–water partition coefficient (Wildman–Crippen LogP) is 10.5. The number of hydrogen-bond donors (Lipinski definition) is 2. The Balaban J connectivity index is 1.25. The van der Waals surface area contributed by atoms with Gasteiger partial charge in [0, 0.05) is 34.4 Å². The van der Waals surface area contributed by atoms with Crippen LogP contribution in [0.3, 0.4) is 0 Å².